The Morgan fingerprint density at radius 2 is 2.33 bits per heavy atom. The van der Waals surface area contributed by atoms with E-state index >= 15 is 0 Å². The number of nitrogens with zero attached hydrogens (tertiary/aromatic N) is 2. The molecular weight excluding hydrogens is 207 g/mol. The van der Waals surface area contributed by atoms with E-state index in [0.717, 1.165) is 19.4 Å². The first-order valence-electron chi connectivity index (χ1n) is 4.86. The van der Waals surface area contributed by atoms with Crippen LogP contribution in [0.1, 0.15) is 24.6 Å². The molecule has 1 saturated heterocycles. The van der Waals surface area contributed by atoms with Gasteiger partial charge in [0.15, 0.2) is 0 Å². The van der Waals surface area contributed by atoms with E-state index in [9.17, 15) is 13.2 Å². The van der Waals surface area contributed by atoms with Crippen LogP contribution < -0.4 is 5.32 Å². The Morgan fingerprint density at radius 1 is 1.53 bits per heavy atom. The van der Waals surface area contributed by atoms with Crippen molar-refractivity contribution in [2.75, 3.05) is 6.54 Å². The maximum atomic E-state index is 12.2. The second kappa shape index (κ2) is 3.84. The van der Waals surface area contributed by atoms with Crippen molar-refractivity contribution in [3.8, 4) is 0 Å². The topological polar surface area (TPSA) is 29.9 Å². The number of hydrogen-bond donors (Lipinski definition) is 1. The van der Waals surface area contributed by atoms with Gasteiger partial charge in [-0.1, -0.05) is 0 Å². The summed E-state index contributed by atoms with van der Waals surface area (Å²) in [6.45, 7) is -0.0949. The third-order valence-electron chi connectivity index (χ3n) is 2.51. The van der Waals surface area contributed by atoms with Crippen LogP contribution in [0.25, 0.3) is 0 Å². The van der Waals surface area contributed by atoms with Crippen LogP contribution in [-0.2, 0) is 6.54 Å². The first-order chi connectivity index (χ1) is 7.06. The van der Waals surface area contributed by atoms with E-state index in [4.69, 9.17) is 0 Å². The lowest BCUT2D eigenvalue weighted by Crippen LogP contribution is -2.22. The third kappa shape index (κ3) is 2.50. The average Bonchev–Trinajstić information content (AvgIpc) is 2.68. The van der Waals surface area contributed by atoms with E-state index in [-0.39, 0.29) is 6.04 Å². The molecule has 0 saturated carbocycles. The van der Waals surface area contributed by atoms with Crippen LogP contribution in [0.15, 0.2) is 12.5 Å². The number of nitrogens with one attached hydrogen (secondary N) is 1. The van der Waals surface area contributed by atoms with Gasteiger partial charge in [0.25, 0.3) is 0 Å². The minimum Gasteiger partial charge on any atom is -0.324 e. The molecule has 1 aromatic rings. The van der Waals surface area contributed by atoms with Crippen molar-refractivity contribution in [3.05, 3.63) is 18.2 Å². The number of alkyl halides is 3. The Kier molecular flexibility index (Phi) is 2.68. The lowest BCUT2D eigenvalue weighted by Gasteiger charge is -2.15. The van der Waals surface area contributed by atoms with Gasteiger partial charge in [-0.15, -0.1) is 0 Å². The van der Waals surface area contributed by atoms with E-state index in [1.54, 1.807) is 0 Å². The molecular formula is C9H12F3N3. The molecule has 0 radical (unpaired) electrons. The van der Waals surface area contributed by atoms with Crippen LogP contribution in [0.4, 0.5) is 13.2 Å². The molecule has 2 rings (SSSR count). The van der Waals surface area contributed by atoms with E-state index in [1.165, 1.54) is 17.1 Å². The molecule has 3 nitrogen and oxygen atoms in total. The van der Waals surface area contributed by atoms with Crippen molar-refractivity contribution in [2.24, 2.45) is 0 Å². The standard InChI is InChI=1S/C9H12F3N3/c10-9(11,12)5-15-6-13-4-8(15)7-2-1-3-14-7/h4,6-7,14H,1-3,5H2/t7-/m0/s1. The Bertz CT molecular complexity index is 326. The van der Waals surface area contributed by atoms with Gasteiger partial charge in [-0.25, -0.2) is 4.98 Å². The van der Waals surface area contributed by atoms with Crippen molar-refractivity contribution in [2.45, 2.75) is 31.6 Å². The molecule has 0 bridgehead atoms. The highest BCUT2D eigenvalue weighted by Gasteiger charge is 2.30. The normalized spacial score (nSPS) is 22.2. The Balaban J connectivity index is 2.14. The molecule has 1 N–H and O–H groups in total. The number of aromatic nitrogens is 2. The summed E-state index contributed by atoms with van der Waals surface area (Å²) in [4.78, 5) is 3.77. The van der Waals surface area contributed by atoms with Crippen LogP contribution in [0.3, 0.4) is 0 Å². The molecule has 1 atom stereocenters. The molecule has 0 unspecified atom stereocenters. The van der Waals surface area contributed by atoms with Crippen molar-refractivity contribution in [1.29, 1.82) is 0 Å². The zero-order valence-corrected chi connectivity index (χ0v) is 8.09. The first kappa shape index (κ1) is 10.5. The SMILES string of the molecule is FC(F)(F)Cn1cncc1[C@@H]1CCCN1. The molecule has 15 heavy (non-hydrogen) atoms. The highest BCUT2D eigenvalue weighted by atomic mass is 19.4. The summed E-state index contributed by atoms with van der Waals surface area (Å²) in [6, 6.07) is 0.0230. The quantitative estimate of drug-likeness (QED) is 0.822. The number of imidazole rings is 1. The molecule has 1 aromatic heterocycles. The largest absolute Gasteiger partial charge is 0.406 e. The van der Waals surface area contributed by atoms with Gasteiger partial charge in [-0.05, 0) is 19.4 Å². The van der Waals surface area contributed by atoms with Gasteiger partial charge in [0.1, 0.15) is 6.54 Å². The summed E-state index contributed by atoms with van der Waals surface area (Å²) in [6.07, 6.45) is 0.441. The molecule has 1 aliphatic rings. The number of hydrogen-bond acceptors (Lipinski definition) is 2. The van der Waals surface area contributed by atoms with Gasteiger partial charge in [0.2, 0.25) is 0 Å². The van der Waals surface area contributed by atoms with Crippen LogP contribution >= 0.6 is 0 Å². The van der Waals surface area contributed by atoms with Crippen LogP contribution in [0.2, 0.25) is 0 Å². The van der Waals surface area contributed by atoms with E-state index in [1.807, 2.05) is 0 Å². The van der Waals surface area contributed by atoms with Gasteiger partial charge < -0.3 is 9.88 Å². The predicted molar refractivity (Wildman–Crippen MR) is 48.3 cm³/mol. The average molecular weight is 219 g/mol. The van der Waals surface area contributed by atoms with Crippen molar-refractivity contribution >= 4 is 0 Å². The van der Waals surface area contributed by atoms with Crippen molar-refractivity contribution in [1.82, 2.24) is 14.9 Å². The van der Waals surface area contributed by atoms with Gasteiger partial charge >= 0.3 is 6.18 Å². The van der Waals surface area contributed by atoms with Gasteiger partial charge in [0.05, 0.1) is 12.0 Å². The molecule has 6 heteroatoms. The van der Waals surface area contributed by atoms with E-state index in [2.05, 4.69) is 10.3 Å². The molecule has 1 aliphatic heterocycles. The summed E-state index contributed by atoms with van der Waals surface area (Å²) < 4.78 is 37.8. The molecule has 2 heterocycles. The first-order valence-corrected chi connectivity index (χ1v) is 4.86. The zero-order chi connectivity index (χ0) is 10.9. The highest BCUT2D eigenvalue weighted by molar-refractivity contribution is 5.07. The summed E-state index contributed by atoms with van der Waals surface area (Å²) in [5.41, 5.74) is 0.629. The van der Waals surface area contributed by atoms with Gasteiger partial charge in [0, 0.05) is 12.2 Å². The molecule has 0 aliphatic carbocycles. The minimum atomic E-state index is -4.19. The Morgan fingerprint density at radius 3 is 2.93 bits per heavy atom. The molecule has 0 aromatic carbocycles. The monoisotopic (exact) mass is 219 g/mol. The number of rotatable bonds is 2. The molecule has 1 fully saturated rings. The zero-order valence-electron chi connectivity index (χ0n) is 8.09. The minimum absolute atomic E-state index is 0.0230. The van der Waals surface area contributed by atoms with Crippen LogP contribution in [-0.4, -0.2) is 22.3 Å². The van der Waals surface area contributed by atoms with Gasteiger partial charge in [-0.3, -0.25) is 0 Å². The maximum absolute atomic E-state index is 12.2. The fraction of sp³-hybridized carbons (Fsp3) is 0.667. The Labute approximate surface area is 85.3 Å². The molecule has 84 valence electrons. The second-order valence-electron chi connectivity index (χ2n) is 3.71. The highest BCUT2D eigenvalue weighted by Crippen LogP contribution is 2.25. The fourth-order valence-electron chi connectivity index (χ4n) is 1.88. The fourth-order valence-corrected chi connectivity index (χ4v) is 1.88. The van der Waals surface area contributed by atoms with Crippen LogP contribution in [0.5, 0.6) is 0 Å². The molecule has 0 amide bonds. The van der Waals surface area contributed by atoms with Gasteiger partial charge in [-0.2, -0.15) is 13.2 Å². The summed E-state index contributed by atoms with van der Waals surface area (Å²) in [5, 5.41) is 3.16. The lowest BCUT2D eigenvalue weighted by molar-refractivity contribution is -0.141. The summed E-state index contributed by atoms with van der Waals surface area (Å²) in [7, 11) is 0. The number of halogens is 3. The molecule has 0 spiro atoms. The van der Waals surface area contributed by atoms with Crippen molar-refractivity contribution in [3.63, 3.8) is 0 Å². The van der Waals surface area contributed by atoms with E-state index in [0.29, 0.717) is 5.69 Å². The smallest absolute Gasteiger partial charge is 0.324 e. The summed E-state index contributed by atoms with van der Waals surface area (Å²) in [5.74, 6) is 0. The summed E-state index contributed by atoms with van der Waals surface area (Å²) >= 11 is 0. The van der Waals surface area contributed by atoms with Crippen LogP contribution in [0, 0.1) is 0 Å². The predicted octanol–water partition coefficient (Wildman–Crippen LogP) is 1.87. The second-order valence-corrected chi connectivity index (χ2v) is 3.71. The van der Waals surface area contributed by atoms with E-state index < -0.39 is 12.7 Å². The lowest BCUT2D eigenvalue weighted by atomic mass is 10.2. The maximum Gasteiger partial charge on any atom is 0.406 e. The third-order valence-corrected chi connectivity index (χ3v) is 2.51. The van der Waals surface area contributed by atoms with Crippen molar-refractivity contribution < 1.29 is 13.2 Å². The Hall–Kier alpha value is -1.04.